The van der Waals surface area contributed by atoms with Crippen molar-refractivity contribution in [2.24, 2.45) is 4.99 Å². The number of nitrogens with zero attached hydrogens (tertiary/aromatic N) is 3. The minimum Gasteiger partial charge on any atom is -0.333 e. The first-order valence-electron chi connectivity index (χ1n) is 9.06. The lowest BCUT2D eigenvalue weighted by molar-refractivity contribution is -0.122. The van der Waals surface area contributed by atoms with Gasteiger partial charge in [-0.2, -0.15) is 0 Å². The Bertz CT molecular complexity index is 603. The summed E-state index contributed by atoms with van der Waals surface area (Å²) in [6.45, 7) is 0.590. The number of carbonyl (C=O) groups excluding carboxylic acids is 1. The molecule has 1 amide bonds. The third-order valence-electron chi connectivity index (χ3n) is 5.02. The zero-order valence-corrected chi connectivity index (χ0v) is 17.5. The average Bonchev–Trinajstić information content (AvgIpc) is 2.82. The van der Waals surface area contributed by atoms with E-state index in [2.05, 4.69) is 11.9 Å². The first kappa shape index (κ1) is 21.4. The number of carbonyl (C=O) groups is 1. The van der Waals surface area contributed by atoms with Crippen molar-refractivity contribution in [1.29, 1.82) is 0 Å². The highest BCUT2D eigenvalue weighted by atomic mass is 35.5. The van der Waals surface area contributed by atoms with Gasteiger partial charge in [-0.15, -0.1) is 12.4 Å². The molecular formula is C19H27Cl2N3OS. The minimum atomic E-state index is 0. The fourth-order valence-electron chi connectivity index (χ4n) is 3.49. The highest BCUT2D eigenvalue weighted by Crippen LogP contribution is 2.28. The van der Waals surface area contributed by atoms with E-state index in [0.29, 0.717) is 17.6 Å². The fourth-order valence-corrected chi connectivity index (χ4v) is 4.88. The molecule has 1 aromatic rings. The lowest BCUT2D eigenvalue weighted by Gasteiger charge is -2.30. The van der Waals surface area contributed by atoms with Crippen LogP contribution in [0, 0.1) is 0 Å². The number of rotatable bonds is 5. The molecule has 0 aromatic heterocycles. The zero-order chi connectivity index (χ0) is 17.6. The molecule has 1 saturated carbocycles. The normalized spacial score (nSPS) is 22.8. The number of thioether (sulfide) groups is 1. The summed E-state index contributed by atoms with van der Waals surface area (Å²) in [6, 6.07) is 8.13. The number of aliphatic imine (C=N–C) groups is 1. The Kier molecular flexibility index (Phi) is 8.58. The van der Waals surface area contributed by atoms with E-state index >= 15 is 0 Å². The SMILES string of the molecule is CN1C(=NC2CCCCCC2)SCC1N(C=O)Cc1ccc(Cl)cc1.Cl. The van der Waals surface area contributed by atoms with Gasteiger partial charge >= 0.3 is 0 Å². The van der Waals surface area contributed by atoms with Gasteiger partial charge in [-0.05, 0) is 30.5 Å². The molecule has 1 aliphatic carbocycles. The molecule has 1 atom stereocenters. The Labute approximate surface area is 171 Å². The molecule has 1 aliphatic heterocycles. The number of halogens is 2. The van der Waals surface area contributed by atoms with Gasteiger partial charge in [0.1, 0.15) is 6.17 Å². The molecule has 0 spiro atoms. The van der Waals surface area contributed by atoms with Crippen LogP contribution in [0.4, 0.5) is 0 Å². The van der Waals surface area contributed by atoms with Crippen LogP contribution in [-0.2, 0) is 11.3 Å². The van der Waals surface area contributed by atoms with Crippen LogP contribution in [0.5, 0.6) is 0 Å². The first-order valence-corrected chi connectivity index (χ1v) is 10.4. The molecule has 26 heavy (non-hydrogen) atoms. The van der Waals surface area contributed by atoms with Gasteiger partial charge in [0, 0.05) is 24.4 Å². The number of hydrogen-bond donors (Lipinski definition) is 0. The molecule has 2 aliphatic rings. The Morgan fingerprint density at radius 3 is 2.50 bits per heavy atom. The summed E-state index contributed by atoms with van der Waals surface area (Å²) in [7, 11) is 2.05. The summed E-state index contributed by atoms with van der Waals surface area (Å²) in [5.41, 5.74) is 1.09. The summed E-state index contributed by atoms with van der Waals surface area (Å²) in [5.74, 6) is 0.869. The van der Waals surface area contributed by atoms with E-state index < -0.39 is 0 Å². The molecular weight excluding hydrogens is 389 g/mol. The van der Waals surface area contributed by atoms with Crippen molar-refractivity contribution >= 4 is 47.3 Å². The van der Waals surface area contributed by atoms with Gasteiger partial charge in [-0.3, -0.25) is 9.79 Å². The van der Waals surface area contributed by atoms with Crippen molar-refractivity contribution in [3.8, 4) is 0 Å². The van der Waals surface area contributed by atoms with Crippen molar-refractivity contribution in [1.82, 2.24) is 9.80 Å². The fraction of sp³-hybridized carbons (Fsp3) is 0.579. The summed E-state index contributed by atoms with van der Waals surface area (Å²) in [4.78, 5) is 20.7. The molecule has 144 valence electrons. The molecule has 2 fully saturated rings. The molecule has 4 nitrogen and oxygen atoms in total. The molecule has 0 N–H and O–H groups in total. The van der Waals surface area contributed by atoms with Crippen molar-refractivity contribution in [2.45, 2.75) is 57.3 Å². The summed E-state index contributed by atoms with van der Waals surface area (Å²) in [5, 5.41) is 1.80. The number of benzene rings is 1. The number of amidine groups is 1. The Balaban J connectivity index is 0.00000243. The lowest BCUT2D eigenvalue weighted by Crippen LogP contribution is -2.44. The highest BCUT2D eigenvalue weighted by Gasteiger charge is 2.32. The van der Waals surface area contributed by atoms with Crippen LogP contribution in [-0.4, -0.2) is 46.4 Å². The third kappa shape index (κ3) is 5.54. The maximum atomic E-state index is 11.7. The van der Waals surface area contributed by atoms with Crippen molar-refractivity contribution < 1.29 is 4.79 Å². The van der Waals surface area contributed by atoms with Crippen molar-refractivity contribution in [2.75, 3.05) is 12.8 Å². The summed E-state index contributed by atoms with van der Waals surface area (Å²) < 4.78 is 0. The molecule has 0 radical (unpaired) electrons. The van der Waals surface area contributed by atoms with Crippen LogP contribution in [0.1, 0.15) is 44.1 Å². The highest BCUT2D eigenvalue weighted by molar-refractivity contribution is 8.14. The third-order valence-corrected chi connectivity index (χ3v) is 6.39. The van der Waals surface area contributed by atoms with Crippen molar-refractivity contribution in [3.05, 3.63) is 34.9 Å². The monoisotopic (exact) mass is 415 g/mol. The van der Waals surface area contributed by atoms with Gasteiger partial charge in [0.15, 0.2) is 5.17 Å². The Morgan fingerprint density at radius 1 is 1.23 bits per heavy atom. The van der Waals surface area contributed by atoms with Crippen LogP contribution in [0.25, 0.3) is 0 Å². The van der Waals surface area contributed by atoms with E-state index in [1.165, 1.54) is 38.5 Å². The van der Waals surface area contributed by atoms with Crippen LogP contribution >= 0.6 is 35.8 Å². The lowest BCUT2D eigenvalue weighted by atomic mass is 10.1. The molecule has 3 rings (SSSR count). The number of hydrogen-bond acceptors (Lipinski definition) is 3. The standard InChI is InChI=1S/C19H26ClN3OS.ClH/c1-22-18(23(14-24)12-15-8-10-16(20)11-9-15)13-25-19(22)21-17-6-4-2-3-5-7-17;/h8-11,14,17-18H,2-7,12-13H2,1H3;1H. The minimum absolute atomic E-state index is 0. The van der Waals surface area contributed by atoms with Gasteiger partial charge in [0.2, 0.25) is 6.41 Å². The molecule has 0 bridgehead atoms. The predicted molar refractivity (Wildman–Crippen MR) is 113 cm³/mol. The quantitative estimate of drug-likeness (QED) is 0.511. The van der Waals surface area contributed by atoms with Crippen molar-refractivity contribution in [3.63, 3.8) is 0 Å². The summed E-state index contributed by atoms with van der Waals surface area (Å²) >= 11 is 7.72. The average molecular weight is 416 g/mol. The molecule has 1 aromatic carbocycles. The van der Waals surface area contributed by atoms with E-state index in [1.807, 2.05) is 29.2 Å². The van der Waals surface area contributed by atoms with E-state index in [0.717, 1.165) is 22.9 Å². The smallest absolute Gasteiger partial charge is 0.211 e. The Morgan fingerprint density at radius 2 is 1.88 bits per heavy atom. The van der Waals surface area contributed by atoms with Gasteiger partial charge in [0.05, 0.1) is 6.04 Å². The number of amides is 1. The van der Waals surface area contributed by atoms with Crippen LogP contribution < -0.4 is 0 Å². The van der Waals surface area contributed by atoms with Crippen LogP contribution in [0.3, 0.4) is 0 Å². The van der Waals surface area contributed by atoms with Crippen LogP contribution in [0.2, 0.25) is 5.02 Å². The second-order valence-corrected chi connectivity index (χ2v) is 8.29. The first-order chi connectivity index (χ1) is 12.2. The second-order valence-electron chi connectivity index (χ2n) is 6.86. The maximum absolute atomic E-state index is 11.7. The summed E-state index contributed by atoms with van der Waals surface area (Å²) in [6.07, 6.45) is 8.66. The van der Waals surface area contributed by atoms with Gasteiger partial charge < -0.3 is 9.80 Å². The molecule has 7 heteroatoms. The van der Waals surface area contributed by atoms with E-state index in [-0.39, 0.29) is 18.6 Å². The van der Waals surface area contributed by atoms with E-state index in [9.17, 15) is 4.79 Å². The zero-order valence-electron chi connectivity index (χ0n) is 15.1. The van der Waals surface area contributed by atoms with E-state index in [1.54, 1.807) is 11.8 Å². The largest absolute Gasteiger partial charge is 0.333 e. The van der Waals surface area contributed by atoms with Gasteiger partial charge in [-0.1, -0.05) is 61.2 Å². The molecule has 1 saturated heterocycles. The van der Waals surface area contributed by atoms with E-state index in [4.69, 9.17) is 16.6 Å². The maximum Gasteiger partial charge on any atom is 0.211 e. The molecule has 1 unspecified atom stereocenters. The van der Waals surface area contributed by atoms with Gasteiger partial charge in [-0.25, -0.2) is 0 Å². The predicted octanol–water partition coefficient (Wildman–Crippen LogP) is 4.80. The molecule has 1 heterocycles. The second kappa shape index (κ2) is 10.4. The van der Waals surface area contributed by atoms with Gasteiger partial charge in [0.25, 0.3) is 0 Å². The Hall–Kier alpha value is -0.910. The van der Waals surface area contributed by atoms with Crippen LogP contribution in [0.15, 0.2) is 29.3 Å². The topological polar surface area (TPSA) is 35.9 Å².